The number of hydrogen-bond acceptors (Lipinski definition) is 7. The predicted molar refractivity (Wildman–Crippen MR) is 83.6 cm³/mol. The molecule has 0 aliphatic carbocycles. The van der Waals surface area contributed by atoms with Crippen molar-refractivity contribution < 1.29 is 32.9 Å². The molecule has 1 amide bonds. The minimum atomic E-state index is -0.762. The maximum absolute atomic E-state index is 12.1. The quantitative estimate of drug-likeness (QED) is 0.879. The van der Waals surface area contributed by atoms with E-state index in [0.29, 0.717) is 0 Å². The van der Waals surface area contributed by atoms with Gasteiger partial charge in [0.2, 0.25) is 0 Å². The molecule has 0 unspecified atom stereocenters. The number of fused-ring (bicyclic) bond motifs is 3. The van der Waals surface area contributed by atoms with E-state index in [2.05, 4.69) is 5.32 Å². The van der Waals surface area contributed by atoms with E-state index in [1.807, 2.05) is 27.7 Å². The van der Waals surface area contributed by atoms with Crippen LogP contribution in [0.15, 0.2) is 22.8 Å². The summed E-state index contributed by atoms with van der Waals surface area (Å²) in [7, 11) is 0. The summed E-state index contributed by atoms with van der Waals surface area (Å²) in [5.74, 6) is -1.58. The topological polar surface area (TPSA) is 88.4 Å². The van der Waals surface area contributed by atoms with E-state index in [1.165, 1.54) is 6.26 Å². The highest BCUT2D eigenvalue weighted by molar-refractivity contribution is 5.91. The zero-order valence-corrected chi connectivity index (χ0v) is 14.7. The highest BCUT2D eigenvalue weighted by Gasteiger charge is 2.60. The first-order valence-corrected chi connectivity index (χ1v) is 8.43. The molecule has 3 fully saturated rings. The Morgan fingerprint density at radius 2 is 1.72 bits per heavy atom. The monoisotopic (exact) mass is 353 g/mol. The summed E-state index contributed by atoms with van der Waals surface area (Å²) >= 11 is 0. The fourth-order valence-electron chi connectivity index (χ4n) is 3.55. The van der Waals surface area contributed by atoms with Gasteiger partial charge >= 0.3 is 0 Å². The third-order valence-electron chi connectivity index (χ3n) is 4.46. The lowest BCUT2D eigenvalue weighted by Gasteiger charge is -2.37. The Kier molecular flexibility index (Phi) is 3.93. The second kappa shape index (κ2) is 5.78. The van der Waals surface area contributed by atoms with Crippen LogP contribution in [0.4, 0.5) is 0 Å². The molecule has 1 aromatic heterocycles. The standard InChI is InChI=1S/C17H23NO7/c1-16(2)22-11-10(8-18-14(19)9-6-5-7-20-9)21-15-13(12(11)23-16)24-17(3,4)25-15/h5-7,10-13,15H,8H2,1-4H3,(H,18,19)/t10-,11+,12+,13+,15+/m0/s1. The summed E-state index contributed by atoms with van der Waals surface area (Å²) < 4.78 is 34.9. The van der Waals surface area contributed by atoms with Crippen molar-refractivity contribution >= 4 is 5.91 Å². The molecule has 3 aliphatic rings. The number of carbonyl (C=O) groups excluding carboxylic acids is 1. The molecule has 1 N–H and O–H groups in total. The van der Waals surface area contributed by atoms with Crippen molar-refractivity contribution in [3.8, 4) is 0 Å². The fraction of sp³-hybridized carbons (Fsp3) is 0.706. The second-order valence-electron chi connectivity index (χ2n) is 7.40. The van der Waals surface area contributed by atoms with Crippen LogP contribution in [0.5, 0.6) is 0 Å². The Labute approximate surface area is 145 Å². The van der Waals surface area contributed by atoms with Crippen molar-refractivity contribution in [2.45, 2.75) is 70.0 Å². The van der Waals surface area contributed by atoms with Gasteiger partial charge in [-0.05, 0) is 39.8 Å². The largest absolute Gasteiger partial charge is 0.459 e. The molecule has 4 rings (SSSR count). The van der Waals surface area contributed by atoms with Gasteiger partial charge in [-0.25, -0.2) is 0 Å². The predicted octanol–water partition coefficient (Wildman–Crippen LogP) is 1.41. The Hall–Kier alpha value is -1.45. The Balaban J connectivity index is 1.49. The van der Waals surface area contributed by atoms with E-state index < -0.39 is 24.0 Å². The molecule has 1 aromatic rings. The van der Waals surface area contributed by atoms with Gasteiger partial charge in [-0.1, -0.05) is 0 Å². The van der Waals surface area contributed by atoms with Crippen molar-refractivity contribution in [3.63, 3.8) is 0 Å². The van der Waals surface area contributed by atoms with E-state index >= 15 is 0 Å². The summed E-state index contributed by atoms with van der Waals surface area (Å²) in [4.78, 5) is 12.1. The molecule has 5 atom stereocenters. The molecule has 8 nitrogen and oxygen atoms in total. The van der Waals surface area contributed by atoms with E-state index in [9.17, 15) is 4.79 Å². The zero-order valence-electron chi connectivity index (χ0n) is 14.7. The molecular weight excluding hydrogens is 330 g/mol. The molecule has 3 saturated heterocycles. The number of ether oxygens (including phenoxy) is 5. The number of hydrogen-bond donors (Lipinski definition) is 1. The zero-order chi connectivity index (χ0) is 17.8. The lowest BCUT2D eigenvalue weighted by atomic mass is 9.99. The van der Waals surface area contributed by atoms with Gasteiger partial charge in [0, 0.05) is 6.54 Å². The number of nitrogens with one attached hydrogen (secondary N) is 1. The molecule has 0 radical (unpaired) electrons. The minimum Gasteiger partial charge on any atom is -0.459 e. The molecular formula is C17H23NO7. The molecule has 0 spiro atoms. The lowest BCUT2D eigenvalue weighted by Crippen LogP contribution is -2.57. The van der Waals surface area contributed by atoms with Crippen LogP contribution < -0.4 is 5.32 Å². The molecule has 0 bridgehead atoms. The normalized spacial score (nSPS) is 38.2. The van der Waals surface area contributed by atoms with E-state index in [0.717, 1.165) is 0 Å². The van der Waals surface area contributed by atoms with Gasteiger partial charge in [-0.3, -0.25) is 4.79 Å². The van der Waals surface area contributed by atoms with Gasteiger partial charge in [0.1, 0.15) is 24.4 Å². The summed E-state index contributed by atoms with van der Waals surface area (Å²) in [6.07, 6.45) is -0.622. The maximum Gasteiger partial charge on any atom is 0.287 e. The van der Waals surface area contributed by atoms with Crippen LogP contribution in [-0.4, -0.2) is 54.7 Å². The molecule has 25 heavy (non-hydrogen) atoms. The first kappa shape index (κ1) is 17.0. The van der Waals surface area contributed by atoms with Crippen LogP contribution in [0.25, 0.3) is 0 Å². The van der Waals surface area contributed by atoms with Gasteiger partial charge in [0.05, 0.1) is 6.26 Å². The number of rotatable bonds is 3. The minimum absolute atomic E-state index is 0.243. The first-order valence-electron chi connectivity index (χ1n) is 8.43. The van der Waals surface area contributed by atoms with Gasteiger partial charge in [-0.2, -0.15) is 0 Å². The molecule has 0 saturated carbocycles. The fourth-order valence-corrected chi connectivity index (χ4v) is 3.55. The molecule has 138 valence electrons. The van der Waals surface area contributed by atoms with Crippen molar-refractivity contribution in [2.24, 2.45) is 0 Å². The molecule has 3 aliphatic heterocycles. The summed E-state index contributed by atoms with van der Waals surface area (Å²) in [5, 5.41) is 2.81. The van der Waals surface area contributed by atoms with Crippen molar-refractivity contribution in [2.75, 3.05) is 6.54 Å². The van der Waals surface area contributed by atoms with Crippen LogP contribution in [-0.2, 0) is 23.7 Å². The Morgan fingerprint density at radius 3 is 2.44 bits per heavy atom. The van der Waals surface area contributed by atoms with Gasteiger partial charge in [-0.15, -0.1) is 0 Å². The summed E-state index contributed by atoms with van der Waals surface area (Å²) in [5.41, 5.74) is 0. The van der Waals surface area contributed by atoms with E-state index in [4.69, 9.17) is 28.1 Å². The van der Waals surface area contributed by atoms with Crippen molar-refractivity contribution in [1.82, 2.24) is 5.32 Å². The van der Waals surface area contributed by atoms with Crippen LogP contribution in [0.2, 0.25) is 0 Å². The first-order chi connectivity index (χ1) is 11.7. The molecule has 0 aromatic carbocycles. The SMILES string of the molecule is CC1(C)O[C@H]2O[C@@H](CNC(=O)c3ccco3)[C@H]3OC(C)(C)O[C@H]3[C@H]2O1. The Morgan fingerprint density at radius 1 is 1.04 bits per heavy atom. The van der Waals surface area contributed by atoms with Crippen LogP contribution in [0, 0.1) is 0 Å². The summed E-state index contributed by atoms with van der Waals surface area (Å²) in [6.45, 7) is 7.60. The highest BCUT2D eigenvalue weighted by Crippen LogP contribution is 2.43. The Bertz CT molecular complexity index is 641. The van der Waals surface area contributed by atoms with Gasteiger partial charge < -0.3 is 33.4 Å². The number of amides is 1. The van der Waals surface area contributed by atoms with E-state index in [-0.39, 0.29) is 36.5 Å². The third kappa shape index (κ3) is 3.20. The molecule has 4 heterocycles. The summed E-state index contributed by atoms with van der Waals surface area (Å²) in [6, 6.07) is 3.26. The maximum atomic E-state index is 12.1. The van der Waals surface area contributed by atoms with E-state index in [1.54, 1.807) is 12.1 Å². The van der Waals surface area contributed by atoms with Crippen LogP contribution >= 0.6 is 0 Å². The molecule has 8 heteroatoms. The van der Waals surface area contributed by atoms with Crippen molar-refractivity contribution in [1.29, 1.82) is 0 Å². The van der Waals surface area contributed by atoms with Gasteiger partial charge in [0.25, 0.3) is 5.91 Å². The van der Waals surface area contributed by atoms with Crippen LogP contribution in [0.3, 0.4) is 0 Å². The average Bonchev–Trinajstić information content (AvgIpc) is 3.19. The average molecular weight is 353 g/mol. The highest BCUT2D eigenvalue weighted by atomic mass is 16.9. The van der Waals surface area contributed by atoms with Gasteiger partial charge in [0.15, 0.2) is 23.6 Å². The third-order valence-corrected chi connectivity index (χ3v) is 4.46. The lowest BCUT2D eigenvalue weighted by molar-refractivity contribution is -0.232. The smallest absolute Gasteiger partial charge is 0.287 e. The second-order valence-corrected chi connectivity index (χ2v) is 7.40. The van der Waals surface area contributed by atoms with Crippen molar-refractivity contribution in [3.05, 3.63) is 24.2 Å². The number of furan rings is 1. The number of carbonyl (C=O) groups is 1. The van der Waals surface area contributed by atoms with Crippen LogP contribution in [0.1, 0.15) is 38.2 Å².